The summed E-state index contributed by atoms with van der Waals surface area (Å²) < 4.78 is 4.87. The Labute approximate surface area is 123 Å². The first-order valence-corrected chi connectivity index (χ1v) is 6.93. The Morgan fingerprint density at radius 3 is 2.90 bits per heavy atom. The van der Waals surface area contributed by atoms with Gasteiger partial charge in [0, 0.05) is 20.2 Å². The molecule has 21 heavy (non-hydrogen) atoms. The zero-order valence-corrected chi connectivity index (χ0v) is 12.0. The average molecular weight is 292 g/mol. The Morgan fingerprint density at radius 1 is 1.43 bits per heavy atom. The molecular formula is C15H20N2O4. The van der Waals surface area contributed by atoms with Crippen molar-refractivity contribution in [3.05, 3.63) is 35.4 Å². The molecule has 0 aromatic heterocycles. The van der Waals surface area contributed by atoms with Gasteiger partial charge in [0.25, 0.3) is 0 Å². The number of nitrogens with zero attached hydrogens (tertiary/aromatic N) is 1. The van der Waals surface area contributed by atoms with Gasteiger partial charge in [0.1, 0.15) is 6.04 Å². The third-order valence-corrected chi connectivity index (χ3v) is 3.59. The minimum atomic E-state index is -0.924. The van der Waals surface area contributed by atoms with E-state index < -0.39 is 12.0 Å². The van der Waals surface area contributed by atoms with E-state index in [1.54, 1.807) is 12.0 Å². The molecule has 1 aliphatic rings. The molecule has 0 spiro atoms. The summed E-state index contributed by atoms with van der Waals surface area (Å²) in [4.78, 5) is 25.1. The van der Waals surface area contributed by atoms with Crippen molar-refractivity contribution < 1.29 is 19.4 Å². The van der Waals surface area contributed by atoms with E-state index >= 15 is 0 Å². The van der Waals surface area contributed by atoms with Crippen molar-refractivity contribution in [1.82, 2.24) is 10.2 Å². The van der Waals surface area contributed by atoms with Crippen LogP contribution in [0.5, 0.6) is 0 Å². The maximum absolute atomic E-state index is 11.9. The number of ether oxygens (including phenoxy) is 1. The van der Waals surface area contributed by atoms with Crippen LogP contribution in [0, 0.1) is 0 Å². The number of carboxylic acid groups (broad SMARTS) is 1. The fourth-order valence-corrected chi connectivity index (χ4v) is 2.61. The van der Waals surface area contributed by atoms with Gasteiger partial charge in [-0.3, -0.25) is 14.5 Å². The summed E-state index contributed by atoms with van der Waals surface area (Å²) in [6.07, 6.45) is 0.755. The second-order valence-corrected chi connectivity index (χ2v) is 5.00. The summed E-state index contributed by atoms with van der Waals surface area (Å²) in [5.41, 5.74) is 1.82. The lowest BCUT2D eigenvalue weighted by Gasteiger charge is -2.34. The van der Waals surface area contributed by atoms with E-state index in [1.165, 1.54) is 0 Å². The third-order valence-electron chi connectivity index (χ3n) is 3.59. The molecular weight excluding hydrogens is 272 g/mol. The van der Waals surface area contributed by atoms with Gasteiger partial charge in [0.15, 0.2) is 0 Å². The first-order chi connectivity index (χ1) is 10.1. The Morgan fingerprint density at radius 2 is 2.19 bits per heavy atom. The highest BCUT2D eigenvalue weighted by Gasteiger charge is 2.33. The first kappa shape index (κ1) is 15.5. The van der Waals surface area contributed by atoms with Crippen LogP contribution < -0.4 is 5.32 Å². The molecule has 0 saturated heterocycles. The monoisotopic (exact) mass is 292 g/mol. The summed E-state index contributed by atoms with van der Waals surface area (Å²) in [5.74, 6) is -1.11. The van der Waals surface area contributed by atoms with E-state index in [4.69, 9.17) is 4.74 Å². The summed E-state index contributed by atoms with van der Waals surface area (Å²) in [5, 5.41) is 12.2. The van der Waals surface area contributed by atoms with Crippen LogP contribution in [0.25, 0.3) is 0 Å². The largest absolute Gasteiger partial charge is 0.480 e. The number of methoxy groups -OCH3 is 1. The molecule has 1 atom stereocenters. The van der Waals surface area contributed by atoms with Crippen molar-refractivity contribution in [3.63, 3.8) is 0 Å². The quantitative estimate of drug-likeness (QED) is 0.744. The number of fused-ring (bicyclic) bond motifs is 1. The van der Waals surface area contributed by atoms with Crippen molar-refractivity contribution in [2.45, 2.75) is 12.5 Å². The van der Waals surface area contributed by atoms with Crippen LogP contribution in [0.2, 0.25) is 0 Å². The second-order valence-electron chi connectivity index (χ2n) is 5.00. The predicted molar refractivity (Wildman–Crippen MR) is 77.0 cm³/mol. The number of amides is 1. The minimum Gasteiger partial charge on any atom is -0.480 e. The van der Waals surface area contributed by atoms with Crippen molar-refractivity contribution in [2.75, 3.05) is 33.4 Å². The molecule has 6 nitrogen and oxygen atoms in total. The average Bonchev–Trinajstić information content (AvgIpc) is 2.47. The van der Waals surface area contributed by atoms with E-state index in [0.717, 1.165) is 17.5 Å². The van der Waals surface area contributed by atoms with Crippen LogP contribution in [-0.2, 0) is 20.7 Å². The summed E-state index contributed by atoms with van der Waals surface area (Å²) >= 11 is 0. The third kappa shape index (κ3) is 3.80. The van der Waals surface area contributed by atoms with E-state index in [9.17, 15) is 14.7 Å². The molecule has 1 unspecified atom stereocenters. The molecule has 6 heteroatoms. The van der Waals surface area contributed by atoms with Gasteiger partial charge in [0.2, 0.25) is 5.91 Å². The van der Waals surface area contributed by atoms with E-state index in [2.05, 4.69) is 5.32 Å². The first-order valence-electron chi connectivity index (χ1n) is 6.93. The number of hydrogen-bond acceptors (Lipinski definition) is 4. The zero-order valence-electron chi connectivity index (χ0n) is 12.0. The molecule has 1 aromatic rings. The minimum absolute atomic E-state index is 0.0784. The maximum atomic E-state index is 11.9. The smallest absolute Gasteiger partial charge is 0.325 e. The number of carbonyl (C=O) groups is 2. The molecule has 0 fully saturated rings. The fraction of sp³-hybridized carbons (Fsp3) is 0.467. The number of rotatable bonds is 6. The lowest BCUT2D eigenvalue weighted by Crippen LogP contribution is -2.45. The summed E-state index contributed by atoms with van der Waals surface area (Å²) in [6, 6.07) is 6.75. The molecule has 1 aromatic carbocycles. The Bertz CT molecular complexity index is 518. The topological polar surface area (TPSA) is 78.9 Å². The summed E-state index contributed by atoms with van der Waals surface area (Å²) in [7, 11) is 1.56. The van der Waals surface area contributed by atoms with Crippen LogP contribution in [-0.4, -0.2) is 55.2 Å². The highest BCUT2D eigenvalue weighted by molar-refractivity contribution is 5.81. The number of nitrogens with one attached hydrogen (secondary N) is 1. The van der Waals surface area contributed by atoms with Crippen molar-refractivity contribution in [3.8, 4) is 0 Å². The second kappa shape index (κ2) is 7.19. The normalized spacial score (nSPS) is 18.0. The fourth-order valence-electron chi connectivity index (χ4n) is 2.61. The molecule has 1 heterocycles. The van der Waals surface area contributed by atoms with E-state index in [-0.39, 0.29) is 12.5 Å². The van der Waals surface area contributed by atoms with Crippen LogP contribution in [0.1, 0.15) is 17.2 Å². The SMILES string of the molecule is COCCNC(=O)CN1CCc2ccccc2C1C(=O)O. The molecule has 0 aliphatic carbocycles. The van der Waals surface area contributed by atoms with Gasteiger partial charge in [-0.1, -0.05) is 24.3 Å². The lowest BCUT2D eigenvalue weighted by molar-refractivity contribution is -0.144. The molecule has 0 bridgehead atoms. The zero-order chi connectivity index (χ0) is 15.2. The molecule has 2 N–H and O–H groups in total. The number of benzene rings is 1. The number of aliphatic carboxylic acids is 1. The molecule has 0 saturated carbocycles. The maximum Gasteiger partial charge on any atom is 0.325 e. The van der Waals surface area contributed by atoms with Gasteiger partial charge in [-0.25, -0.2) is 0 Å². The Kier molecular flexibility index (Phi) is 5.30. The van der Waals surface area contributed by atoms with Crippen molar-refractivity contribution in [1.29, 1.82) is 0 Å². The Balaban J connectivity index is 2.06. The number of hydrogen-bond donors (Lipinski definition) is 2. The highest BCUT2D eigenvalue weighted by Crippen LogP contribution is 2.29. The standard InChI is InChI=1S/C15H20N2O4/c1-21-9-7-16-13(18)10-17-8-6-11-4-2-3-5-12(11)14(17)15(19)20/h2-5,14H,6-10H2,1H3,(H,16,18)(H,19,20). The molecule has 2 rings (SSSR count). The molecule has 114 valence electrons. The predicted octanol–water partition coefficient (Wildman–Crippen LogP) is 0.433. The van der Waals surface area contributed by atoms with Crippen molar-refractivity contribution in [2.24, 2.45) is 0 Å². The molecule has 1 amide bonds. The summed E-state index contributed by atoms with van der Waals surface area (Å²) in [6.45, 7) is 1.51. The van der Waals surface area contributed by atoms with Gasteiger partial charge in [-0.05, 0) is 17.5 Å². The van der Waals surface area contributed by atoms with Crippen LogP contribution >= 0.6 is 0 Å². The van der Waals surface area contributed by atoms with Crippen LogP contribution in [0.4, 0.5) is 0 Å². The number of carboxylic acids is 1. The van der Waals surface area contributed by atoms with Gasteiger partial charge in [-0.2, -0.15) is 0 Å². The van der Waals surface area contributed by atoms with Crippen molar-refractivity contribution >= 4 is 11.9 Å². The van der Waals surface area contributed by atoms with Crippen LogP contribution in [0.3, 0.4) is 0 Å². The molecule has 1 aliphatic heterocycles. The van der Waals surface area contributed by atoms with Gasteiger partial charge in [0.05, 0.1) is 13.2 Å². The van der Waals surface area contributed by atoms with Gasteiger partial charge in [-0.15, -0.1) is 0 Å². The van der Waals surface area contributed by atoms with E-state index in [0.29, 0.717) is 19.7 Å². The highest BCUT2D eigenvalue weighted by atomic mass is 16.5. The van der Waals surface area contributed by atoms with Gasteiger partial charge < -0.3 is 15.2 Å². The van der Waals surface area contributed by atoms with Crippen LogP contribution in [0.15, 0.2) is 24.3 Å². The number of carbonyl (C=O) groups excluding carboxylic acids is 1. The Hall–Kier alpha value is -1.92. The molecule has 0 radical (unpaired) electrons. The van der Waals surface area contributed by atoms with Gasteiger partial charge >= 0.3 is 5.97 Å². The lowest BCUT2D eigenvalue weighted by atomic mass is 9.92. The van der Waals surface area contributed by atoms with E-state index in [1.807, 2.05) is 24.3 Å².